The number of carbonyl (C=O) groups excluding carboxylic acids is 4. The Balaban J connectivity index is 0.000000147. The quantitative estimate of drug-likeness (QED) is 0.309. The molecule has 0 aromatic heterocycles. The van der Waals surface area contributed by atoms with E-state index >= 15 is 0 Å². The summed E-state index contributed by atoms with van der Waals surface area (Å²) in [7, 11) is 0. The maximum Gasteiger partial charge on any atom is 0.335 e. The Bertz CT molecular complexity index is 1440. The van der Waals surface area contributed by atoms with Gasteiger partial charge in [0.2, 0.25) is 23.6 Å². The van der Waals surface area contributed by atoms with Gasteiger partial charge in [-0.1, -0.05) is 0 Å². The Kier molecular flexibility index (Phi) is 7.48. The molecule has 14 heteroatoms. The molecule has 4 amide bonds. The van der Waals surface area contributed by atoms with Crippen molar-refractivity contribution in [3.63, 3.8) is 0 Å². The van der Waals surface area contributed by atoms with E-state index in [0.717, 1.165) is 25.7 Å². The zero-order valence-electron chi connectivity index (χ0n) is 24.5. The molecule has 6 aliphatic rings. The molecule has 4 N–H and O–H groups in total. The molecule has 14 nitrogen and oxygen atoms in total. The first-order valence-corrected chi connectivity index (χ1v) is 15.3. The number of rotatable bonds is 8. The van der Waals surface area contributed by atoms with Gasteiger partial charge in [-0.2, -0.15) is 0 Å². The number of ether oxygens (including phenoxy) is 2. The second kappa shape index (κ2) is 11.5. The van der Waals surface area contributed by atoms with Gasteiger partial charge in [0, 0.05) is 11.4 Å². The van der Waals surface area contributed by atoms with E-state index in [1.807, 2.05) is 0 Å². The number of fused-ring (bicyclic) bond motifs is 10. The van der Waals surface area contributed by atoms with Gasteiger partial charge in [0.15, 0.2) is 0 Å². The van der Waals surface area contributed by atoms with Crippen molar-refractivity contribution < 1.29 is 48.5 Å². The van der Waals surface area contributed by atoms with Crippen LogP contribution in [0.1, 0.15) is 46.4 Å². The summed E-state index contributed by atoms with van der Waals surface area (Å²) in [5.74, 6) is -3.94. The number of hydrogen-bond donors (Lipinski definition) is 4. The zero-order chi connectivity index (χ0) is 32.3. The van der Waals surface area contributed by atoms with Gasteiger partial charge in [-0.3, -0.25) is 29.0 Å². The van der Waals surface area contributed by atoms with Crippen LogP contribution in [0.5, 0.6) is 0 Å². The molecule has 4 bridgehead atoms. The molecule has 0 aliphatic carbocycles. The molecule has 240 valence electrons. The third-order valence-corrected chi connectivity index (χ3v) is 9.90. The Morgan fingerprint density at radius 2 is 0.848 bits per heavy atom. The molecule has 0 radical (unpaired) electrons. The lowest BCUT2D eigenvalue weighted by Gasteiger charge is -2.18. The molecule has 6 fully saturated rings. The highest BCUT2D eigenvalue weighted by Gasteiger charge is 2.63. The van der Waals surface area contributed by atoms with E-state index in [0.29, 0.717) is 11.4 Å². The van der Waals surface area contributed by atoms with Crippen LogP contribution in [0.4, 0.5) is 11.4 Å². The fourth-order valence-corrected chi connectivity index (χ4v) is 7.66. The number of benzene rings is 2. The fraction of sp³-hybridized carbons (Fsp3) is 0.438. The van der Waals surface area contributed by atoms with E-state index in [2.05, 4.69) is 10.6 Å². The summed E-state index contributed by atoms with van der Waals surface area (Å²) < 4.78 is 11.4. The summed E-state index contributed by atoms with van der Waals surface area (Å²) in [5.41, 5.74) is 1.69. The predicted octanol–water partition coefficient (Wildman–Crippen LogP) is 1.83. The predicted molar refractivity (Wildman–Crippen MR) is 157 cm³/mol. The monoisotopic (exact) mass is 632 g/mol. The number of nitrogens with zero attached hydrogens (tertiary/aromatic N) is 2. The second-order valence-corrected chi connectivity index (χ2v) is 12.3. The summed E-state index contributed by atoms with van der Waals surface area (Å²) in [5, 5.41) is 23.7. The van der Waals surface area contributed by atoms with Gasteiger partial charge in [0.1, 0.15) is 0 Å². The molecule has 4 unspecified atom stereocenters. The molecule has 8 atom stereocenters. The largest absolute Gasteiger partial charge is 0.478 e. The van der Waals surface area contributed by atoms with Crippen LogP contribution in [0.2, 0.25) is 0 Å². The first kappa shape index (κ1) is 29.9. The minimum atomic E-state index is -0.996. The van der Waals surface area contributed by atoms with Crippen molar-refractivity contribution in [2.75, 3.05) is 24.0 Å². The fourth-order valence-electron chi connectivity index (χ4n) is 7.66. The first-order chi connectivity index (χ1) is 22.1. The van der Waals surface area contributed by atoms with Crippen LogP contribution in [0, 0.1) is 23.7 Å². The highest BCUT2D eigenvalue weighted by atomic mass is 16.5. The zero-order valence-corrected chi connectivity index (χ0v) is 24.5. The summed E-state index contributed by atoms with van der Waals surface area (Å²) in [4.78, 5) is 74.0. The first-order valence-electron chi connectivity index (χ1n) is 15.3. The number of carbonyl (C=O) groups is 6. The third-order valence-electron chi connectivity index (χ3n) is 9.90. The van der Waals surface area contributed by atoms with Crippen molar-refractivity contribution in [1.29, 1.82) is 0 Å². The Labute approximate surface area is 262 Å². The summed E-state index contributed by atoms with van der Waals surface area (Å²) >= 11 is 0. The van der Waals surface area contributed by atoms with Crippen molar-refractivity contribution in [3.05, 3.63) is 59.7 Å². The number of imide groups is 2. The van der Waals surface area contributed by atoms with Gasteiger partial charge in [-0.15, -0.1) is 0 Å². The number of aromatic carboxylic acids is 2. The molecular weight excluding hydrogens is 600 g/mol. The second-order valence-electron chi connectivity index (χ2n) is 12.3. The average Bonchev–Trinajstić information content (AvgIpc) is 3.90. The molecule has 46 heavy (non-hydrogen) atoms. The lowest BCUT2D eigenvalue weighted by atomic mass is 9.81. The number of nitrogens with one attached hydrogen (secondary N) is 2. The molecule has 2 aromatic rings. The molecular formula is C32H32N4O10. The average molecular weight is 633 g/mol. The lowest BCUT2D eigenvalue weighted by Crippen LogP contribution is -2.38. The van der Waals surface area contributed by atoms with Gasteiger partial charge in [-0.25, -0.2) is 9.59 Å². The van der Waals surface area contributed by atoms with Gasteiger partial charge < -0.3 is 30.3 Å². The van der Waals surface area contributed by atoms with Crippen molar-refractivity contribution in [2.45, 2.75) is 50.1 Å². The highest BCUT2D eigenvalue weighted by Crippen LogP contribution is 2.49. The van der Waals surface area contributed by atoms with E-state index in [9.17, 15) is 28.8 Å². The van der Waals surface area contributed by atoms with Gasteiger partial charge in [-0.05, 0) is 74.2 Å². The topological polar surface area (TPSA) is 192 Å². The maximum absolute atomic E-state index is 12.5. The van der Waals surface area contributed by atoms with Crippen LogP contribution < -0.4 is 10.6 Å². The Morgan fingerprint density at radius 3 is 1.11 bits per heavy atom. The molecule has 0 saturated carbocycles. The van der Waals surface area contributed by atoms with Crippen molar-refractivity contribution in [1.82, 2.24) is 9.80 Å². The lowest BCUT2D eigenvalue weighted by molar-refractivity contribution is -0.143. The van der Waals surface area contributed by atoms with Crippen LogP contribution >= 0.6 is 0 Å². The third kappa shape index (κ3) is 4.97. The van der Waals surface area contributed by atoms with E-state index in [4.69, 9.17) is 19.7 Å². The number of carboxylic acid groups (broad SMARTS) is 2. The maximum atomic E-state index is 12.5. The number of hydrogen-bond acceptors (Lipinski definition) is 10. The minimum Gasteiger partial charge on any atom is -0.478 e. The van der Waals surface area contributed by atoms with Crippen molar-refractivity contribution in [3.8, 4) is 0 Å². The SMILES string of the molecule is O=C(O)c1ccc(NCN2C(=O)[C@@H]3C4CCC(O4)[C@@H]3C2=O)cc1.O=C(O)c1ccc(NCN2C(=O)[C@@H]3C4CCC(O4)[C@@H]3C2=O)cc1. The van der Waals surface area contributed by atoms with Crippen LogP contribution in [0.3, 0.4) is 0 Å². The van der Waals surface area contributed by atoms with Crippen LogP contribution in [-0.4, -0.2) is 93.3 Å². The van der Waals surface area contributed by atoms with Crippen LogP contribution in [-0.2, 0) is 28.7 Å². The van der Waals surface area contributed by atoms with Gasteiger partial charge >= 0.3 is 11.9 Å². The Hall–Kier alpha value is -4.82. The molecule has 2 aromatic carbocycles. The standard InChI is InChI=1S/2C16H16N2O5/c2*19-14-12-10-5-6-11(23-10)13(12)15(20)18(14)7-17-9-3-1-8(2-4-9)16(21)22/h2*1-4,10-13,17H,5-7H2,(H,21,22)/t2*10?,11?,12-,13+. The minimum absolute atomic E-state index is 0.0938. The normalized spacial score (nSPS) is 31.6. The number of carboxylic acids is 2. The molecule has 0 spiro atoms. The van der Waals surface area contributed by atoms with E-state index < -0.39 is 11.9 Å². The summed E-state index contributed by atoms with van der Waals surface area (Å²) in [6.07, 6.45) is 2.96. The van der Waals surface area contributed by atoms with Gasteiger partial charge in [0.05, 0.1) is 72.6 Å². The molecule has 6 aliphatic heterocycles. The van der Waals surface area contributed by atoms with Crippen LogP contribution in [0.25, 0.3) is 0 Å². The molecule has 6 saturated heterocycles. The summed E-state index contributed by atoms with van der Waals surface area (Å²) in [6, 6.07) is 12.3. The molecule has 8 rings (SSSR count). The number of anilines is 2. The highest BCUT2D eigenvalue weighted by molar-refractivity contribution is 6.07. The summed E-state index contributed by atoms with van der Waals surface area (Å²) in [6.45, 7) is 0.188. The van der Waals surface area contributed by atoms with E-state index in [1.165, 1.54) is 34.1 Å². The van der Waals surface area contributed by atoms with Crippen molar-refractivity contribution in [2.24, 2.45) is 23.7 Å². The number of likely N-dealkylation sites (tertiary alicyclic amines) is 2. The number of amides is 4. The van der Waals surface area contributed by atoms with Gasteiger partial charge in [0.25, 0.3) is 0 Å². The van der Waals surface area contributed by atoms with Crippen LogP contribution in [0.15, 0.2) is 48.5 Å². The van der Waals surface area contributed by atoms with Crippen molar-refractivity contribution >= 4 is 46.9 Å². The van der Waals surface area contributed by atoms with E-state index in [-0.39, 0.29) is 96.2 Å². The molecule has 6 heterocycles. The smallest absolute Gasteiger partial charge is 0.335 e. The Morgan fingerprint density at radius 1 is 0.565 bits per heavy atom. The van der Waals surface area contributed by atoms with E-state index in [1.54, 1.807) is 24.3 Å².